The molecule has 0 aliphatic rings. The van der Waals surface area contributed by atoms with Crippen molar-refractivity contribution >= 4 is 11.6 Å². The highest BCUT2D eigenvalue weighted by Gasteiger charge is 2.07. The van der Waals surface area contributed by atoms with Gasteiger partial charge in [-0.2, -0.15) is 0 Å². The number of halogens is 2. The van der Waals surface area contributed by atoms with Gasteiger partial charge in [0.2, 0.25) is 0 Å². The van der Waals surface area contributed by atoms with Crippen molar-refractivity contribution in [1.29, 1.82) is 0 Å². The van der Waals surface area contributed by atoms with Gasteiger partial charge in [-0.05, 0) is 43.0 Å². The van der Waals surface area contributed by atoms with Crippen LogP contribution in [0.5, 0.6) is 0 Å². The SMILES string of the molecule is CCc1cc(Cl)c(F)c(CCCN)c1. The molecule has 0 aromatic heterocycles. The first kappa shape index (κ1) is 11.5. The normalized spacial score (nSPS) is 10.6. The Bertz CT molecular complexity index is 312. The summed E-state index contributed by atoms with van der Waals surface area (Å²) in [5.74, 6) is -0.294. The molecule has 0 bridgehead atoms. The van der Waals surface area contributed by atoms with Crippen LogP contribution in [0.25, 0.3) is 0 Å². The molecule has 0 saturated heterocycles. The van der Waals surface area contributed by atoms with Crippen molar-refractivity contribution in [3.05, 3.63) is 34.1 Å². The molecule has 0 radical (unpaired) electrons. The molecule has 14 heavy (non-hydrogen) atoms. The Morgan fingerprint density at radius 3 is 2.71 bits per heavy atom. The topological polar surface area (TPSA) is 26.0 Å². The fraction of sp³-hybridized carbons (Fsp3) is 0.455. The molecule has 0 amide bonds. The largest absolute Gasteiger partial charge is 0.330 e. The molecule has 78 valence electrons. The Hall–Kier alpha value is -0.600. The summed E-state index contributed by atoms with van der Waals surface area (Å²) >= 11 is 5.77. The molecule has 1 aromatic rings. The molecule has 0 spiro atoms. The molecule has 0 aliphatic carbocycles. The van der Waals surface area contributed by atoms with Crippen LogP contribution in [0.2, 0.25) is 5.02 Å². The van der Waals surface area contributed by atoms with Crippen molar-refractivity contribution in [2.45, 2.75) is 26.2 Å². The maximum atomic E-state index is 13.5. The minimum Gasteiger partial charge on any atom is -0.330 e. The molecule has 0 heterocycles. The molecule has 1 aromatic carbocycles. The van der Waals surface area contributed by atoms with Crippen LogP contribution in [-0.4, -0.2) is 6.54 Å². The predicted octanol–water partition coefficient (Wildman–Crippen LogP) is 2.93. The van der Waals surface area contributed by atoms with Crippen LogP contribution < -0.4 is 5.73 Å². The summed E-state index contributed by atoms with van der Waals surface area (Å²) in [4.78, 5) is 0. The predicted molar refractivity (Wildman–Crippen MR) is 58.2 cm³/mol. The molecular formula is C11H15ClFN. The van der Waals surface area contributed by atoms with E-state index in [2.05, 4.69) is 0 Å². The van der Waals surface area contributed by atoms with E-state index < -0.39 is 0 Å². The Morgan fingerprint density at radius 2 is 2.14 bits per heavy atom. The van der Waals surface area contributed by atoms with E-state index in [1.165, 1.54) is 0 Å². The maximum Gasteiger partial charge on any atom is 0.144 e. The minimum atomic E-state index is -0.294. The monoisotopic (exact) mass is 215 g/mol. The first-order valence-electron chi connectivity index (χ1n) is 4.86. The van der Waals surface area contributed by atoms with E-state index in [0.29, 0.717) is 18.5 Å². The minimum absolute atomic E-state index is 0.219. The van der Waals surface area contributed by atoms with Crippen LogP contribution in [0.3, 0.4) is 0 Å². The fourth-order valence-corrected chi connectivity index (χ4v) is 1.65. The molecule has 1 rings (SSSR count). The van der Waals surface area contributed by atoms with Crippen molar-refractivity contribution in [2.24, 2.45) is 5.73 Å². The first-order chi connectivity index (χ1) is 6.69. The molecule has 0 fully saturated rings. The van der Waals surface area contributed by atoms with Gasteiger partial charge in [0.05, 0.1) is 5.02 Å². The zero-order valence-electron chi connectivity index (χ0n) is 8.32. The lowest BCUT2D eigenvalue weighted by molar-refractivity contribution is 0.604. The molecule has 0 saturated carbocycles. The summed E-state index contributed by atoms with van der Waals surface area (Å²) in [5.41, 5.74) is 7.13. The van der Waals surface area contributed by atoms with Crippen molar-refractivity contribution in [3.8, 4) is 0 Å². The van der Waals surface area contributed by atoms with E-state index in [9.17, 15) is 4.39 Å². The Labute approximate surface area is 89.1 Å². The molecular weight excluding hydrogens is 201 g/mol. The number of hydrogen-bond donors (Lipinski definition) is 1. The highest BCUT2D eigenvalue weighted by molar-refractivity contribution is 6.30. The number of nitrogens with two attached hydrogens (primary N) is 1. The van der Waals surface area contributed by atoms with E-state index in [1.807, 2.05) is 13.0 Å². The number of benzene rings is 1. The second kappa shape index (κ2) is 5.32. The van der Waals surface area contributed by atoms with Crippen molar-refractivity contribution in [1.82, 2.24) is 0 Å². The van der Waals surface area contributed by atoms with Crippen LogP contribution in [-0.2, 0) is 12.8 Å². The third kappa shape index (κ3) is 2.69. The van der Waals surface area contributed by atoms with Gasteiger partial charge in [-0.3, -0.25) is 0 Å². The smallest absolute Gasteiger partial charge is 0.144 e. The van der Waals surface area contributed by atoms with Gasteiger partial charge in [0.25, 0.3) is 0 Å². The van der Waals surface area contributed by atoms with Gasteiger partial charge in [0.1, 0.15) is 5.82 Å². The van der Waals surface area contributed by atoms with Gasteiger partial charge in [0, 0.05) is 0 Å². The van der Waals surface area contributed by atoms with E-state index in [4.69, 9.17) is 17.3 Å². The van der Waals surface area contributed by atoms with Gasteiger partial charge in [-0.15, -0.1) is 0 Å². The van der Waals surface area contributed by atoms with Crippen LogP contribution >= 0.6 is 11.6 Å². The second-order valence-electron chi connectivity index (χ2n) is 3.30. The van der Waals surface area contributed by atoms with Crippen molar-refractivity contribution < 1.29 is 4.39 Å². The summed E-state index contributed by atoms with van der Waals surface area (Å²) in [5, 5.41) is 0.219. The lowest BCUT2D eigenvalue weighted by Gasteiger charge is -2.06. The summed E-state index contributed by atoms with van der Waals surface area (Å²) in [6.07, 6.45) is 2.33. The molecule has 0 atom stereocenters. The first-order valence-corrected chi connectivity index (χ1v) is 5.23. The zero-order valence-corrected chi connectivity index (χ0v) is 9.07. The Kier molecular flexibility index (Phi) is 4.36. The van der Waals surface area contributed by atoms with Crippen molar-refractivity contribution in [3.63, 3.8) is 0 Å². The van der Waals surface area contributed by atoms with Crippen LogP contribution in [0, 0.1) is 5.82 Å². The van der Waals surface area contributed by atoms with Gasteiger partial charge in [0.15, 0.2) is 0 Å². The van der Waals surface area contributed by atoms with E-state index in [1.54, 1.807) is 6.07 Å². The lowest BCUT2D eigenvalue weighted by atomic mass is 10.0. The average Bonchev–Trinajstić information content (AvgIpc) is 2.20. The summed E-state index contributed by atoms with van der Waals surface area (Å²) < 4.78 is 13.5. The molecule has 2 N–H and O–H groups in total. The second-order valence-corrected chi connectivity index (χ2v) is 3.70. The van der Waals surface area contributed by atoms with Gasteiger partial charge in [-0.25, -0.2) is 4.39 Å². The molecule has 1 nitrogen and oxygen atoms in total. The number of aryl methyl sites for hydroxylation is 2. The summed E-state index contributed by atoms with van der Waals surface area (Å²) in [6, 6.07) is 3.56. The lowest BCUT2D eigenvalue weighted by Crippen LogP contribution is -2.02. The standard InChI is InChI=1S/C11H15ClFN/c1-2-8-6-9(4-3-5-14)11(13)10(12)7-8/h6-7H,2-5,14H2,1H3. The van der Waals surface area contributed by atoms with Gasteiger partial charge < -0.3 is 5.73 Å². The Morgan fingerprint density at radius 1 is 1.43 bits per heavy atom. The molecule has 0 unspecified atom stereocenters. The molecule has 3 heteroatoms. The average molecular weight is 216 g/mol. The number of rotatable bonds is 4. The van der Waals surface area contributed by atoms with Crippen molar-refractivity contribution in [2.75, 3.05) is 6.54 Å². The zero-order chi connectivity index (χ0) is 10.6. The fourth-order valence-electron chi connectivity index (χ4n) is 1.39. The quantitative estimate of drug-likeness (QED) is 0.821. The Balaban J connectivity index is 2.95. The van der Waals surface area contributed by atoms with Gasteiger partial charge >= 0.3 is 0 Å². The van der Waals surface area contributed by atoms with Crippen LogP contribution in [0.4, 0.5) is 4.39 Å². The molecule has 0 aliphatic heterocycles. The third-order valence-electron chi connectivity index (χ3n) is 2.22. The summed E-state index contributed by atoms with van der Waals surface area (Å²) in [7, 11) is 0. The van der Waals surface area contributed by atoms with E-state index >= 15 is 0 Å². The maximum absolute atomic E-state index is 13.5. The van der Waals surface area contributed by atoms with E-state index in [0.717, 1.165) is 18.4 Å². The van der Waals surface area contributed by atoms with Gasteiger partial charge in [-0.1, -0.05) is 24.6 Å². The highest BCUT2D eigenvalue weighted by atomic mass is 35.5. The van der Waals surface area contributed by atoms with Crippen LogP contribution in [0.15, 0.2) is 12.1 Å². The summed E-state index contributed by atoms with van der Waals surface area (Å²) in [6.45, 7) is 2.60. The van der Waals surface area contributed by atoms with Crippen LogP contribution in [0.1, 0.15) is 24.5 Å². The highest BCUT2D eigenvalue weighted by Crippen LogP contribution is 2.22. The number of hydrogen-bond acceptors (Lipinski definition) is 1. The van der Waals surface area contributed by atoms with E-state index in [-0.39, 0.29) is 10.8 Å². The third-order valence-corrected chi connectivity index (χ3v) is 2.50.